The van der Waals surface area contributed by atoms with Crippen molar-refractivity contribution in [1.29, 1.82) is 0 Å². The summed E-state index contributed by atoms with van der Waals surface area (Å²) in [6.07, 6.45) is 0. The molecule has 0 bridgehead atoms. The van der Waals surface area contributed by atoms with Crippen LogP contribution in [0.5, 0.6) is 0 Å². The molecule has 2 aromatic rings. The van der Waals surface area contributed by atoms with Crippen molar-refractivity contribution in [3.8, 4) is 0 Å². The first kappa shape index (κ1) is 15.0. The Kier molecular flexibility index (Phi) is 4.47. The Morgan fingerprint density at radius 3 is 2.40 bits per heavy atom. The highest BCUT2D eigenvalue weighted by atomic mass is 79.9. The van der Waals surface area contributed by atoms with Crippen molar-refractivity contribution in [3.05, 3.63) is 58.6 Å². The highest BCUT2D eigenvalue weighted by Crippen LogP contribution is 2.20. The van der Waals surface area contributed by atoms with Crippen molar-refractivity contribution in [2.75, 3.05) is 5.73 Å². The van der Waals surface area contributed by atoms with E-state index in [4.69, 9.17) is 5.73 Å². The number of hydrogen-bond acceptors (Lipinski definition) is 3. The molecule has 0 fully saturated rings. The SMILES string of the molecule is CC(NS(=O)(=O)c1cccc(Br)c1)c1ccc(N)cc1. The van der Waals surface area contributed by atoms with Gasteiger partial charge in [0.2, 0.25) is 10.0 Å². The predicted molar refractivity (Wildman–Crippen MR) is 83.7 cm³/mol. The highest BCUT2D eigenvalue weighted by molar-refractivity contribution is 9.10. The fourth-order valence-corrected chi connectivity index (χ4v) is 3.62. The molecule has 2 rings (SSSR count). The summed E-state index contributed by atoms with van der Waals surface area (Å²) >= 11 is 3.27. The van der Waals surface area contributed by atoms with Crippen molar-refractivity contribution in [1.82, 2.24) is 4.72 Å². The average Bonchev–Trinajstić information content (AvgIpc) is 2.39. The minimum Gasteiger partial charge on any atom is -0.399 e. The van der Waals surface area contributed by atoms with E-state index >= 15 is 0 Å². The molecule has 0 aliphatic carbocycles. The summed E-state index contributed by atoms with van der Waals surface area (Å²) in [6.45, 7) is 1.79. The summed E-state index contributed by atoms with van der Waals surface area (Å²) in [5.74, 6) is 0. The van der Waals surface area contributed by atoms with Crippen LogP contribution in [0.15, 0.2) is 57.9 Å². The largest absolute Gasteiger partial charge is 0.399 e. The molecule has 0 aliphatic heterocycles. The van der Waals surface area contributed by atoms with Gasteiger partial charge < -0.3 is 5.73 Å². The molecule has 4 nitrogen and oxygen atoms in total. The number of rotatable bonds is 4. The smallest absolute Gasteiger partial charge is 0.241 e. The lowest BCUT2D eigenvalue weighted by Gasteiger charge is -2.15. The lowest BCUT2D eigenvalue weighted by molar-refractivity contribution is 0.567. The average molecular weight is 355 g/mol. The minimum absolute atomic E-state index is 0.231. The first-order valence-corrected chi connectivity index (χ1v) is 8.29. The van der Waals surface area contributed by atoms with E-state index in [-0.39, 0.29) is 10.9 Å². The maximum atomic E-state index is 12.3. The zero-order valence-electron chi connectivity index (χ0n) is 10.9. The number of nitrogens with one attached hydrogen (secondary N) is 1. The van der Waals surface area contributed by atoms with Gasteiger partial charge in [-0.25, -0.2) is 13.1 Å². The van der Waals surface area contributed by atoms with E-state index in [0.717, 1.165) is 10.0 Å². The number of benzene rings is 2. The topological polar surface area (TPSA) is 72.2 Å². The summed E-state index contributed by atoms with van der Waals surface area (Å²) in [6, 6.07) is 13.4. The second kappa shape index (κ2) is 5.95. The molecule has 3 N–H and O–H groups in total. The number of anilines is 1. The molecule has 0 spiro atoms. The highest BCUT2D eigenvalue weighted by Gasteiger charge is 2.18. The quantitative estimate of drug-likeness (QED) is 0.828. The molecule has 0 aliphatic rings. The molecule has 20 heavy (non-hydrogen) atoms. The summed E-state index contributed by atoms with van der Waals surface area (Å²) in [4.78, 5) is 0.231. The third-order valence-electron chi connectivity index (χ3n) is 2.87. The van der Waals surface area contributed by atoms with Gasteiger partial charge in [0, 0.05) is 16.2 Å². The molecule has 0 saturated heterocycles. The molecule has 6 heteroatoms. The molecular formula is C14H15BrN2O2S. The van der Waals surface area contributed by atoms with Gasteiger partial charge >= 0.3 is 0 Å². The molecule has 0 amide bonds. The molecule has 0 radical (unpaired) electrons. The Morgan fingerprint density at radius 2 is 1.80 bits per heavy atom. The van der Waals surface area contributed by atoms with Gasteiger partial charge in [-0.3, -0.25) is 0 Å². The van der Waals surface area contributed by atoms with Gasteiger partial charge in [0.15, 0.2) is 0 Å². The summed E-state index contributed by atoms with van der Waals surface area (Å²) in [5, 5.41) is 0. The zero-order valence-corrected chi connectivity index (χ0v) is 13.3. The lowest BCUT2D eigenvalue weighted by Crippen LogP contribution is -2.26. The van der Waals surface area contributed by atoms with Crippen LogP contribution in [0.4, 0.5) is 5.69 Å². The van der Waals surface area contributed by atoms with E-state index in [2.05, 4.69) is 20.7 Å². The third-order valence-corrected chi connectivity index (χ3v) is 4.91. The van der Waals surface area contributed by atoms with E-state index in [9.17, 15) is 8.42 Å². The van der Waals surface area contributed by atoms with Crippen LogP contribution in [0.25, 0.3) is 0 Å². The van der Waals surface area contributed by atoms with Gasteiger partial charge in [-0.2, -0.15) is 0 Å². The van der Waals surface area contributed by atoms with Crippen molar-refractivity contribution in [2.45, 2.75) is 17.9 Å². The number of nitrogen functional groups attached to an aromatic ring is 1. The maximum absolute atomic E-state index is 12.3. The minimum atomic E-state index is -3.55. The molecule has 0 aromatic heterocycles. The number of sulfonamides is 1. The molecular weight excluding hydrogens is 340 g/mol. The predicted octanol–water partition coefficient (Wildman–Crippen LogP) is 3.07. The van der Waals surface area contributed by atoms with Crippen molar-refractivity contribution >= 4 is 31.6 Å². The number of halogens is 1. The zero-order chi connectivity index (χ0) is 14.8. The molecule has 0 saturated carbocycles. The molecule has 2 aromatic carbocycles. The van der Waals surface area contributed by atoms with Gasteiger partial charge in [0.25, 0.3) is 0 Å². The molecule has 1 atom stereocenters. The first-order chi connectivity index (χ1) is 9.38. The Bertz CT molecular complexity index is 699. The first-order valence-electron chi connectivity index (χ1n) is 6.02. The maximum Gasteiger partial charge on any atom is 0.241 e. The fourth-order valence-electron chi connectivity index (χ4n) is 1.79. The van der Waals surface area contributed by atoms with E-state index in [0.29, 0.717) is 5.69 Å². The van der Waals surface area contributed by atoms with Crippen LogP contribution in [-0.2, 0) is 10.0 Å². The van der Waals surface area contributed by atoms with Crippen molar-refractivity contribution in [3.63, 3.8) is 0 Å². The van der Waals surface area contributed by atoms with Crippen LogP contribution in [0.1, 0.15) is 18.5 Å². The Labute approximate surface area is 127 Å². The normalized spacial score (nSPS) is 13.1. The molecule has 1 unspecified atom stereocenters. The summed E-state index contributed by atoms with van der Waals surface area (Å²) in [5.41, 5.74) is 7.13. The summed E-state index contributed by atoms with van der Waals surface area (Å²) in [7, 11) is -3.55. The van der Waals surface area contributed by atoms with E-state index < -0.39 is 10.0 Å². The van der Waals surface area contributed by atoms with Crippen LogP contribution < -0.4 is 10.5 Å². The van der Waals surface area contributed by atoms with E-state index in [1.807, 2.05) is 12.1 Å². The van der Waals surface area contributed by atoms with Gasteiger partial charge in [-0.15, -0.1) is 0 Å². The lowest BCUT2D eigenvalue weighted by atomic mass is 10.1. The van der Waals surface area contributed by atoms with Crippen LogP contribution in [0.3, 0.4) is 0 Å². The van der Waals surface area contributed by atoms with E-state index in [1.165, 1.54) is 0 Å². The third kappa shape index (κ3) is 3.59. The Hall–Kier alpha value is -1.37. The number of hydrogen-bond donors (Lipinski definition) is 2. The van der Waals surface area contributed by atoms with Gasteiger partial charge in [0.1, 0.15) is 0 Å². The van der Waals surface area contributed by atoms with E-state index in [1.54, 1.807) is 43.3 Å². The second-order valence-corrected chi connectivity index (χ2v) is 7.10. The van der Waals surface area contributed by atoms with Crippen LogP contribution in [0.2, 0.25) is 0 Å². The second-order valence-electron chi connectivity index (χ2n) is 4.47. The summed E-state index contributed by atoms with van der Waals surface area (Å²) < 4.78 is 27.9. The fraction of sp³-hybridized carbons (Fsp3) is 0.143. The molecule has 0 heterocycles. The van der Waals surface area contributed by atoms with Crippen LogP contribution in [0, 0.1) is 0 Å². The number of nitrogens with two attached hydrogens (primary N) is 1. The Morgan fingerprint density at radius 1 is 1.15 bits per heavy atom. The monoisotopic (exact) mass is 354 g/mol. The van der Waals surface area contributed by atoms with Crippen molar-refractivity contribution < 1.29 is 8.42 Å². The van der Waals surface area contributed by atoms with Crippen LogP contribution in [-0.4, -0.2) is 8.42 Å². The van der Waals surface area contributed by atoms with Gasteiger partial charge in [-0.05, 0) is 42.8 Å². The van der Waals surface area contributed by atoms with Crippen LogP contribution >= 0.6 is 15.9 Å². The Balaban J connectivity index is 2.22. The van der Waals surface area contributed by atoms with Gasteiger partial charge in [0.05, 0.1) is 4.90 Å². The van der Waals surface area contributed by atoms with Crippen molar-refractivity contribution in [2.24, 2.45) is 0 Å². The molecule has 106 valence electrons. The standard InChI is InChI=1S/C14H15BrN2O2S/c1-10(11-5-7-13(16)8-6-11)17-20(18,19)14-4-2-3-12(15)9-14/h2-10,17H,16H2,1H3. The van der Waals surface area contributed by atoms with Gasteiger partial charge in [-0.1, -0.05) is 34.1 Å².